The number of halogens is 2. The number of nitrogens with one attached hydrogen (secondary N) is 1. The summed E-state index contributed by atoms with van der Waals surface area (Å²) >= 11 is 0. The maximum absolute atomic E-state index is 12.0. The summed E-state index contributed by atoms with van der Waals surface area (Å²) in [4.78, 5) is 15.7. The van der Waals surface area contributed by atoms with Crippen LogP contribution in [0.2, 0.25) is 0 Å². The molecule has 1 aromatic carbocycles. The second-order valence-corrected chi connectivity index (χ2v) is 4.32. The molecule has 1 aromatic heterocycles. The first-order chi connectivity index (χ1) is 10.6. The zero-order chi connectivity index (χ0) is 15.8. The monoisotopic (exact) mass is 304 g/mol. The molecule has 0 saturated heterocycles. The molecule has 2 rings (SSSR count). The molecule has 114 valence electrons. The van der Waals surface area contributed by atoms with E-state index in [1.807, 2.05) is 12.1 Å². The molecule has 6 heteroatoms. The molecule has 0 aliphatic heterocycles. The maximum atomic E-state index is 12.0. The molecule has 0 bridgehead atoms. The van der Waals surface area contributed by atoms with Crippen LogP contribution in [-0.4, -0.2) is 17.5 Å². The number of aromatic nitrogens is 1. The van der Waals surface area contributed by atoms with E-state index in [0.29, 0.717) is 12.1 Å². The van der Waals surface area contributed by atoms with Gasteiger partial charge in [0.15, 0.2) is 0 Å². The van der Waals surface area contributed by atoms with Crippen LogP contribution < -0.4 is 10.1 Å². The Kier molecular flexibility index (Phi) is 5.59. The van der Waals surface area contributed by atoms with E-state index in [1.54, 1.807) is 30.5 Å². The SMILES string of the molecule is O=C(/C=C/c1ccc(OC(F)F)cc1)NCc1ccccn1. The number of nitrogens with zero attached hydrogens (tertiary/aromatic N) is 1. The van der Waals surface area contributed by atoms with Gasteiger partial charge in [0.05, 0.1) is 12.2 Å². The van der Waals surface area contributed by atoms with Crippen LogP contribution in [0, 0.1) is 0 Å². The second-order valence-electron chi connectivity index (χ2n) is 4.32. The van der Waals surface area contributed by atoms with Crippen LogP contribution in [0.25, 0.3) is 6.08 Å². The van der Waals surface area contributed by atoms with Gasteiger partial charge in [0, 0.05) is 12.3 Å². The van der Waals surface area contributed by atoms with Crippen molar-refractivity contribution < 1.29 is 18.3 Å². The van der Waals surface area contributed by atoms with Crippen molar-refractivity contribution in [2.24, 2.45) is 0 Å². The van der Waals surface area contributed by atoms with Gasteiger partial charge in [-0.1, -0.05) is 18.2 Å². The van der Waals surface area contributed by atoms with Gasteiger partial charge in [-0.3, -0.25) is 9.78 Å². The fraction of sp³-hybridized carbons (Fsp3) is 0.125. The first-order valence-electron chi connectivity index (χ1n) is 6.54. The molecule has 1 N–H and O–H groups in total. The average molecular weight is 304 g/mol. The molecule has 0 unspecified atom stereocenters. The van der Waals surface area contributed by atoms with Crippen molar-refractivity contribution in [3.05, 3.63) is 66.0 Å². The average Bonchev–Trinajstić information content (AvgIpc) is 2.53. The molecule has 4 nitrogen and oxygen atoms in total. The highest BCUT2D eigenvalue weighted by Gasteiger charge is 2.03. The standard InChI is InChI=1S/C16H14F2N2O2/c17-16(18)22-14-7-4-12(5-8-14)6-9-15(21)20-11-13-3-1-2-10-19-13/h1-10,16H,11H2,(H,20,21)/b9-6+. The van der Waals surface area contributed by atoms with Crippen molar-refractivity contribution in [2.45, 2.75) is 13.2 Å². The number of carbonyl (C=O) groups is 1. The van der Waals surface area contributed by atoms with E-state index in [9.17, 15) is 13.6 Å². The molecular weight excluding hydrogens is 290 g/mol. The molecule has 1 amide bonds. The highest BCUT2D eigenvalue weighted by atomic mass is 19.3. The summed E-state index contributed by atoms with van der Waals surface area (Å²) in [5, 5.41) is 2.69. The van der Waals surface area contributed by atoms with Crippen LogP contribution in [0.5, 0.6) is 5.75 Å². The zero-order valence-corrected chi connectivity index (χ0v) is 11.6. The van der Waals surface area contributed by atoms with Gasteiger partial charge in [-0.25, -0.2) is 0 Å². The Morgan fingerprint density at radius 2 is 2.00 bits per heavy atom. The largest absolute Gasteiger partial charge is 0.435 e. The summed E-state index contributed by atoms with van der Waals surface area (Å²) in [7, 11) is 0. The van der Waals surface area contributed by atoms with Gasteiger partial charge in [-0.15, -0.1) is 0 Å². The number of hydrogen-bond donors (Lipinski definition) is 1. The molecule has 0 aliphatic rings. The Hall–Kier alpha value is -2.76. The molecule has 0 fully saturated rings. The lowest BCUT2D eigenvalue weighted by Crippen LogP contribution is -2.20. The number of hydrogen-bond acceptors (Lipinski definition) is 3. The van der Waals surface area contributed by atoms with E-state index in [-0.39, 0.29) is 11.7 Å². The minimum atomic E-state index is -2.85. The van der Waals surface area contributed by atoms with Crippen molar-refractivity contribution in [3.8, 4) is 5.75 Å². The molecule has 0 saturated carbocycles. The van der Waals surface area contributed by atoms with Crippen molar-refractivity contribution in [2.75, 3.05) is 0 Å². The molecule has 0 spiro atoms. The van der Waals surface area contributed by atoms with E-state index in [2.05, 4.69) is 15.0 Å². The highest BCUT2D eigenvalue weighted by Crippen LogP contribution is 2.15. The van der Waals surface area contributed by atoms with Crippen LogP contribution in [0.1, 0.15) is 11.3 Å². The lowest BCUT2D eigenvalue weighted by atomic mass is 10.2. The Morgan fingerprint density at radius 3 is 2.64 bits per heavy atom. The van der Waals surface area contributed by atoms with Gasteiger partial charge in [0.2, 0.25) is 5.91 Å². The number of ether oxygens (including phenoxy) is 1. The van der Waals surface area contributed by atoms with E-state index < -0.39 is 6.61 Å². The van der Waals surface area contributed by atoms with Gasteiger partial charge in [-0.2, -0.15) is 8.78 Å². The number of carbonyl (C=O) groups excluding carboxylic acids is 1. The van der Waals surface area contributed by atoms with E-state index in [0.717, 1.165) is 5.69 Å². The quantitative estimate of drug-likeness (QED) is 0.835. The Balaban J connectivity index is 1.84. The van der Waals surface area contributed by atoms with Gasteiger partial charge in [0.25, 0.3) is 0 Å². The molecule has 0 atom stereocenters. The van der Waals surface area contributed by atoms with Crippen LogP contribution in [0.4, 0.5) is 8.78 Å². The number of amides is 1. The molecule has 22 heavy (non-hydrogen) atoms. The Labute approximate surface area is 126 Å². The summed E-state index contributed by atoms with van der Waals surface area (Å²) in [6, 6.07) is 11.4. The maximum Gasteiger partial charge on any atom is 0.387 e. The van der Waals surface area contributed by atoms with Crippen LogP contribution in [0.3, 0.4) is 0 Å². The van der Waals surface area contributed by atoms with Crippen LogP contribution in [-0.2, 0) is 11.3 Å². The predicted octanol–water partition coefficient (Wildman–Crippen LogP) is 3.01. The number of benzene rings is 1. The summed E-state index contributed by atoms with van der Waals surface area (Å²) < 4.78 is 28.2. The lowest BCUT2D eigenvalue weighted by Gasteiger charge is -2.04. The summed E-state index contributed by atoms with van der Waals surface area (Å²) in [6.07, 6.45) is 4.60. The molecule has 2 aromatic rings. The summed E-state index contributed by atoms with van der Waals surface area (Å²) in [6.45, 7) is -2.51. The molecular formula is C16H14F2N2O2. The minimum absolute atomic E-state index is 0.0757. The Bertz CT molecular complexity index is 628. The number of rotatable bonds is 6. The fourth-order valence-corrected chi connectivity index (χ4v) is 1.67. The minimum Gasteiger partial charge on any atom is -0.435 e. The van der Waals surface area contributed by atoms with E-state index in [1.165, 1.54) is 18.2 Å². The summed E-state index contributed by atoms with van der Waals surface area (Å²) in [5.74, 6) is -0.190. The molecule has 1 heterocycles. The molecule has 0 radical (unpaired) electrons. The van der Waals surface area contributed by atoms with Crippen molar-refractivity contribution >= 4 is 12.0 Å². The van der Waals surface area contributed by atoms with E-state index >= 15 is 0 Å². The van der Waals surface area contributed by atoms with E-state index in [4.69, 9.17) is 0 Å². The number of pyridine rings is 1. The smallest absolute Gasteiger partial charge is 0.387 e. The van der Waals surface area contributed by atoms with Crippen molar-refractivity contribution in [1.82, 2.24) is 10.3 Å². The van der Waals surface area contributed by atoms with Gasteiger partial charge < -0.3 is 10.1 Å². The molecule has 0 aliphatic carbocycles. The second kappa shape index (κ2) is 7.87. The zero-order valence-electron chi connectivity index (χ0n) is 11.6. The third kappa shape index (κ3) is 5.32. The fourth-order valence-electron chi connectivity index (χ4n) is 1.67. The van der Waals surface area contributed by atoms with Crippen molar-refractivity contribution in [1.29, 1.82) is 0 Å². The van der Waals surface area contributed by atoms with Gasteiger partial charge in [-0.05, 0) is 35.9 Å². The predicted molar refractivity (Wildman–Crippen MR) is 78.2 cm³/mol. The first kappa shape index (κ1) is 15.6. The summed E-state index contributed by atoms with van der Waals surface area (Å²) in [5.41, 5.74) is 1.47. The lowest BCUT2D eigenvalue weighted by molar-refractivity contribution is -0.116. The Morgan fingerprint density at radius 1 is 1.23 bits per heavy atom. The third-order valence-electron chi connectivity index (χ3n) is 2.70. The first-order valence-corrected chi connectivity index (χ1v) is 6.54. The number of alkyl halides is 2. The topological polar surface area (TPSA) is 51.2 Å². The third-order valence-corrected chi connectivity index (χ3v) is 2.70. The van der Waals surface area contributed by atoms with Crippen molar-refractivity contribution in [3.63, 3.8) is 0 Å². The van der Waals surface area contributed by atoms with Gasteiger partial charge >= 0.3 is 6.61 Å². The van der Waals surface area contributed by atoms with Crippen LogP contribution >= 0.6 is 0 Å². The van der Waals surface area contributed by atoms with Crippen LogP contribution in [0.15, 0.2) is 54.7 Å². The van der Waals surface area contributed by atoms with Gasteiger partial charge in [0.1, 0.15) is 5.75 Å². The highest BCUT2D eigenvalue weighted by molar-refractivity contribution is 5.91. The normalized spacial score (nSPS) is 10.9.